The number of hydrogen-bond acceptors (Lipinski definition) is 4. The van der Waals surface area contributed by atoms with E-state index in [-0.39, 0.29) is 5.91 Å². The van der Waals surface area contributed by atoms with E-state index in [0.29, 0.717) is 28.6 Å². The van der Waals surface area contributed by atoms with Crippen molar-refractivity contribution in [2.75, 3.05) is 5.32 Å². The fourth-order valence-corrected chi connectivity index (χ4v) is 2.60. The van der Waals surface area contributed by atoms with Gasteiger partial charge in [0.15, 0.2) is 0 Å². The van der Waals surface area contributed by atoms with Crippen molar-refractivity contribution < 1.29 is 9.53 Å². The summed E-state index contributed by atoms with van der Waals surface area (Å²) in [6.45, 7) is 0.381. The average Bonchev–Trinajstić information content (AvgIpc) is 3.09. The van der Waals surface area contributed by atoms with Gasteiger partial charge < -0.3 is 10.1 Å². The van der Waals surface area contributed by atoms with Crippen LogP contribution in [0.2, 0.25) is 5.02 Å². The normalized spacial score (nSPS) is 10.3. The Bertz CT molecular complexity index is 789. The Balaban J connectivity index is 1.66. The van der Waals surface area contributed by atoms with Gasteiger partial charge in [0.05, 0.1) is 11.2 Å². The van der Waals surface area contributed by atoms with Crippen LogP contribution in [0.1, 0.15) is 16.1 Å². The molecule has 0 aliphatic carbocycles. The van der Waals surface area contributed by atoms with Crippen LogP contribution in [0, 0.1) is 0 Å². The molecule has 0 radical (unpaired) electrons. The van der Waals surface area contributed by atoms with Gasteiger partial charge in [-0.2, -0.15) is 0 Å². The molecule has 0 atom stereocenters. The van der Waals surface area contributed by atoms with Crippen LogP contribution in [-0.2, 0) is 6.61 Å². The standard InChI is InChI=1S/C17H13ClN2O2S/c18-13-4-6-14(7-5-13)20-17(21)12-2-1-3-16(8-12)22-9-15-10-23-11-19-15/h1-8,10-11H,9H2,(H,20,21). The lowest BCUT2D eigenvalue weighted by Crippen LogP contribution is -2.11. The second-order valence-corrected chi connectivity index (χ2v) is 5.91. The maximum absolute atomic E-state index is 12.3. The van der Waals surface area contributed by atoms with Crippen LogP contribution in [0.4, 0.5) is 5.69 Å². The molecule has 1 heterocycles. The largest absolute Gasteiger partial charge is 0.487 e. The molecule has 3 aromatic rings. The van der Waals surface area contributed by atoms with E-state index in [1.807, 2.05) is 11.4 Å². The number of thiazole rings is 1. The van der Waals surface area contributed by atoms with E-state index < -0.39 is 0 Å². The summed E-state index contributed by atoms with van der Waals surface area (Å²) in [7, 11) is 0. The van der Waals surface area contributed by atoms with Crippen molar-refractivity contribution >= 4 is 34.5 Å². The number of benzene rings is 2. The Hall–Kier alpha value is -2.37. The van der Waals surface area contributed by atoms with Gasteiger partial charge >= 0.3 is 0 Å². The first-order valence-electron chi connectivity index (χ1n) is 6.87. The third kappa shape index (κ3) is 4.31. The number of amides is 1. The van der Waals surface area contributed by atoms with Gasteiger partial charge in [-0.1, -0.05) is 17.7 Å². The van der Waals surface area contributed by atoms with Gasteiger partial charge in [-0.15, -0.1) is 11.3 Å². The summed E-state index contributed by atoms with van der Waals surface area (Å²) >= 11 is 7.35. The number of ether oxygens (including phenoxy) is 1. The van der Waals surface area contributed by atoms with Crippen molar-refractivity contribution in [3.8, 4) is 5.75 Å². The highest BCUT2D eigenvalue weighted by atomic mass is 35.5. The fourth-order valence-electron chi connectivity index (χ4n) is 1.93. The van der Waals surface area contributed by atoms with Crippen molar-refractivity contribution in [1.29, 1.82) is 0 Å². The van der Waals surface area contributed by atoms with Crippen LogP contribution in [0.25, 0.3) is 0 Å². The Morgan fingerprint density at radius 1 is 1.22 bits per heavy atom. The summed E-state index contributed by atoms with van der Waals surface area (Å²) in [6.07, 6.45) is 0. The number of carbonyl (C=O) groups excluding carboxylic acids is 1. The summed E-state index contributed by atoms with van der Waals surface area (Å²) in [6, 6.07) is 14.0. The molecule has 6 heteroatoms. The lowest BCUT2D eigenvalue weighted by Gasteiger charge is -2.08. The van der Waals surface area contributed by atoms with Crippen LogP contribution in [-0.4, -0.2) is 10.9 Å². The molecule has 0 spiro atoms. The zero-order valence-electron chi connectivity index (χ0n) is 12.0. The quantitative estimate of drug-likeness (QED) is 0.734. The molecule has 1 amide bonds. The number of hydrogen-bond donors (Lipinski definition) is 1. The minimum atomic E-state index is -0.202. The van der Waals surface area contributed by atoms with E-state index in [0.717, 1.165) is 5.69 Å². The Labute approximate surface area is 142 Å². The number of halogens is 1. The summed E-state index contributed by atoms with van der Waals surface area (Å²) in [5, 5.41) is 5.37. The molecule has 0 bridgehead atoms. The topological polar surface area (TPSA) is 51.2 Å². The number of anilines is 1. The highest BCUT2D eigenvalue weighted by Gasteiger charge is 2.08. The van der Waals surface area contributed by atoms with Gasteiger partial charge in [0.25, 0.3) is 5.91 Å². The highest BCUT2D eigenvalue weighted by molar-refractivity contribution is 7.07. The molecule has 1 N–H and O–H groups in total. The maximum Gasteiger partial charge on any atom is 0.255 e. The van der Waals surface area contributed by atoms with Crippen molar-refractivity contribution in [1.82, 2.24) is 4.98 Å². The minimum Gasteiger partial charge on any atom is -0.487 e. The molecule has 0 fully saturated rings. The number of nitrogens with zero attached hydrogens (tertiary/aromatic N) is 1. The zero-order chi connectivity index (χ0) is 16.1. The van der Waals surface area contributed by atoms with Crippen LogP contribution < -0.4 is 10.1 Å². The smallest absolute Gasteiger partial charge is 0.255 e. The van der Waals surface area contributed by atoms with E-state index in [9.17, 15) is 4.79 Å². The molecule has 0 unspecified atom stereocenters. The van der Waals surface area contributed by atoms with Crippen molar-refractivity contribution in [2.45, 2.75) is 6.61 Å². The molecule has 23 heavy (non-hydrogen) atoms. The molecule has 4 nitrogen and oxygen atoms in total. The fraction of sp³-hybridized carbons (Fsp3) is 0.0588. The molecule has 0 saturated carbocycles. The third-order valence-electron chi connectivity index (χ3n) is 3.07. The van der Waals surface area contributed by atoms with Gasteiger partial charge in [-0.05, 0) is 42.5 Å². The van der Waals surface area contributed by atoms with Crippen molar-refractivity contribution in [3.05, 3.63) is 75.7 Å². The molecule has 3 rings (SSSR count). The SMILES string of the molecule is O=C(Nc1ccc(Cl)cc1)c1cccc(OCc2cscn2)c1. The van der Waals surface area contributed by atoms with E-state index in [1.165, 1.54) is 11.3 Å². The second-order valence-electron chi connectivity index (χ2n) is 4.76. The molecule has 2 aromatic carbocycles. The lowest BCUT2D eigenvalue weighted by atomic mass is 10.2. The van der Waals surface area contributed by atoms with Crippen LogP contribution in [0.5, 0.6) is 5.75 Å². The molecule has 1 aromatic heterocycles. The first-order chi connectivity index (χ1) is 11.2. The van der Waals surface area contributed by atoms with Crippen molar-refractivity contribution in [2.24, 2.45) is 0 Å². The molecule has 116 valence electrons. The monoisotopic (exact) mass is 344 g/mol. The Kier molecular flexibility index (Phi) is 4.90. The summed E-state index contributed by atoms with van der Waals surface area (Å²) in [5.74, 6) is 0.424. The number of carbonyl (C=O) groups is 1. The molecule has 0 aliphatic heterocycles. The maximum atomic E-state index is 12.3. The van der Waals surface area contributed by atoms with E-state index in [2.05, 4.69) is 10.3 Å². The average molecular weight is 345 g/mol. The Morgan fingerprint density at radius 3 is 2.78 bits per heavy atom. The molecule has 0 aliphatic rings. The minimum absolute atomic E-state index is 0.202. The lowest BCUT2D eigenvalue weighted by molar-refractivity contribution is 0.102. The first-order valence-corrected chi connectivity index (χ1v) is 8.19. The summed E-state index contributed by atoms with van der Waals surface area (Å²) in [4.78, 5) is 16.4. The van der Waals surface area contributed by atoms with Gasteiger partial charge in [0.2, 0.25) is 0 Å². The summed E-state index contributed by atoms with van der Waals surface area (Å²) < 4.78 is 5.65. The van der Waals surface area contributed by atoms with E-state index in [4.69, 9.17) is 16.3 Å². The third-order valence-corrected chi connectivity index (χ3v) is 3.96. The number of nitrogens with one attached hydrogen (secondary N) is 1. The van der Waals surface area contributed by atoms with Gasteiger partial charge in [0.1, 0.15) is 12.4 Å². The van der Waals surface area contributed by atoms with Gasteiger partial charge in [-0.25, -0.2) is 4.98 Å². The second kappa shape index (κ2) is 7.26. The predicted molar refractivity (Wildman–Crippen MR) is 92.3 cm³/mol. The predicted octanol–water partition coefficient (Wildman–Crippen LogP) is 4.63. The molecular weight excluding hydrogens is 332 g/mol. The highest BCUT2D eigenvalue weighted by Crippen LogP contribution is 2.18. The van der Waals surface area contributed by atoms with Crippen molar-refractivity contribution in [3.63, 3.8) is 0 Å². The van der Waals surface area contributed by atoms with E-state index >= 15 is 0 Å². The molecule has 0 saturated heterocycles. The van der Waals surface area contributed by atoms with Gasteiger partial charge in [0, 0.05) is 21.7 Å². The van der Waals surface area contributed by atoms with Crippen LogP contribution >= 0.6 is 22.9 Å². The van der Waals surface area contributed by atoms with E-state index in [1.54, 1.807) is 48.0 Å². The number of aromatic nitrogens is 1. The van der Waals surface area contributed by atoms with Gasteiger partial charge in [-0.3, -0.25) is 4.79 Å². The summed E-state index contributed by atoms with van der Waals surface area (Å²) in [5.41, 5.74) is 3.84. The molecular formula is C17H13ClN2O2S. The number of rotatable bonds is 5. The van der Waals surface area contributed by atoms with Crippen LogP contribution in [0.15, 0.2) is 59.4 Å². The first kappa shape index (κ1) is 15.5. The van der Waals surface area contributed by atoms with Crippen LogP contribution in [0.3, 0.4) is 0 Å². The zero-order valence-corrected chi connectivity index (χ0v) is 13.6. The Morgan fingerprint density at radius 2 is 2.04 bits per heavy atom.